The lowest BCUT2D eigenvalue weighted by atomic mass is 10.6. The maximum atomic E-state index is 5.76. The van der Waals surface area contributed by atoms with Crippen molar-refractivity contribution in [2.45, 2.75) is 10.2 Å². The molecule has 0 amide bonds. The zero-order chi connectivity index (χ0) is 10.8. The van der Waals surface area contributed by atoms with Crippen LogP contribution >= 0.6 is 23.4 Å². The third-order valence-electron chi connectivity index (χ3n) is 1.66. The monoisotopic (exact) mass is 242 g/mol. The zero-order valence-corrected chi connectivity index (χ0v) is 9.33. The largest absolute Gasteiger partial charge is 0.394 e. The Labute approximate surface area is 94.9 Å². The van der Waals surface area contributed by atoms with Gasteiger partial charge in [-0.05, 0) is 11.8 Å². The summed E-state index contributed by atoms with van der Waals surface area (Å²) in [6.07, 6.45) is 2.96. The normalized spacial score (nSPS) is 10.5. The summed E-state index contributed by atoms with van der Waals surface area (Å²) in [5.74, 6) is 0. The second kappa shape index (κ2) is 4.03. The molecule has 0 aliphatic rings. The third-order valence-corrected chi connectivity index (χ3v) is 3.03. The zero-order valence-electron chi connectivity index (χ0n) is 7.75. The molecule has 0 saturated carbocycles. The number of hydrogen-bond donors (Lipinski definition) is 1. The van der Waals surface area contributed by atoms with E-state index < -0.39 is 0 Å². The van der Waals surface area contributed by atoms with E-state index in [-0.39, 0.29) is 5.15 Å². The minimum absolute atomic E-state index is 0.245. The summed E-state index contributed by atoms with van der Waals surface area (Å²) < 4.78 is 1.76. The van der Waals surface area contributed by atoms with Crippen molar-refractivity contribution in [1.29, 1.82) is 0 Å². The lowest BCUT2D eigenvalue weighted by Crippen LogP contribution is -1.97. The Morgan fingerprint density at radius 2 is 2.27 bits per heavy atom. The molecule has 0 bridgehead atoms. The predicted molar refractivity (Wildman–Crippen MR) is 56.6 cm³/mol. The number of halogens is 1. The standard InChI is InChI=1S/C7H7ClN6S/c1-14-3-12-13-7(14)15-6-4(9)5(8)10-2-11-6/h2-3H,9H2,1H3. The molecule has 0 atom stereocenters. The fourth-order valence-electron chi connectivity index (χ4n) is 0.892. The lowest BCUT2D eigenvalue weighted by Gasteiger charge is -2.03. The van der Waals surface area contributed by atoms with E-state index in [4.69, 9.17) is 17.3 Å². The molecule has 2 N–H and O–H groups in total. The van der Waals surface area contributed by atoms with Gasteiger partial charge in [0.05, 0.1) is 0 Å². The number of hydrogen-bond acceptors (Lipinski definition) is 6. The first-order valence-corrected chi connectivity index (χ1v) is 5.15. The van der Waals surface area contributed by atoms with E-state index in [0.717, 1.165) is 0 Å². The van der Waals surface area contributed by atoms with Gasteiger partial charge in [-0.15, -0.1) is 10.2 Å². The number of nitrogens with two attached hydrogens (primary N) is 1. The Bertz CT molecular complexity index is 484. The van der Waals surface area contributed by atoms with Gasteiger partial charge in [-0.25, -0.2) is 9.97 Å². The van der Waals surface area contributed by atoms with Gasteiger partial charge in [-0.1, -0.05) is 11.6 Å². The van der Waals surface area contributed by atoms with Gasteiger partial charge < -0.3 is 10.3 Å². The SMILES string of the molecule is Cn1cnnc1Sc1ncnc(Cl)c1N. The second-order valence-electron chi connectivity index (χ2n) is 2.71. The fourth-order valence-corrected chi connectivity index (χ4v) is 1.84. The van der Waals surface area contributed by atoms with Gasteiger partial charge in [-0.3, -0.25) is 0 Å². The summed E-state index contributed by atoms with van der Waals surface area (Å²) in [5, 5.41) is 9.15. The number of nitrogens with zero attached hydrogens (tertiary/aromatic N) is 5. The van der Waals surface area contributed by atoms with Crippen molar-refractivity contribution >= 4 is 29.1 Å². The lowest BCUT2D eigenvalue weighted by molar-refractivity contribution is 0.787. The third kappa shape index (κ3) is 2.02. The van der Waals surface area contributed by atoms with Crippen LogP contribution in [0, 0.1) is 0 Å². The van der Waals surface area contributed by atoms with Crippen molar-refractivity contribution in [2.24, 2.45) is 7.05 Å². The summed E-state index contributed by atoms with van der Waals surface area (Å²) in [4.78, 5) is 7.78. The molecule has 2 heterocycles. The smallest absolute Gasteiger partial charge is 0.197 e. The Morgan fingerprint density at radius 3 is 2.93 bits per heavy atom. The van der Waals surface area contributed by atoms with Crippen LogP contribution in [0.3, 0.4) is 0 Å². The average Bonchev–Trinajstić information content (AvgIpc) is 2.60. The molecule has 0 aliphatic heterocycles. The van der Waals surface area contributed by atoms with Crippen molar-refractivity contribution in [3.63, 3.8) is 0 Å². The van der Waals surface area contributed by atoms with Gasteiger partial charge in [0.15, 0.2) is 10.3 Å². The van der Waals surface area contributed by atoms with Crippen LogP contribution < -0.4 is 5.73 Å². The minimum Gasteiger partial charge on any atom is -0.394 e. The van der Waals surface area contributed by atoms with Crippen molar-refractivity contribution in [3.05, 3.63) is 17.8 Å². The summed E-state index contributed by atoms with van der Waals surface area (Å²) in [6.45, 7) is 0. The van der Waals surface area contributed by atoms with E-state index in [0.29, 0.717) is 15.9 Å². The van der Waals surface area contributed by atoms with Crippen molar-refractivity contribution < 1.29 is 0 Å². The van der Waals surface area contributed by atoms with Gasteiger partial charge >= 0.3 is 0 Å². The average molecular weight is 243 g/mol. The molecule has 0 saturated heterocycles. The van der Waals surface area contributed by atoms with E-state index >= 15 is 0 Å². The molecule has 0 spiro atoms. The van der Waals surface area contributed by atoms with E-state index in [9.17, 15) is 0 Å². The van der Waals surface area contributed by atoms with Crippen molar-refractivity contribution in [1.82, 2.24) is 24.7 Å². The number of rotatable bonds is 2. The van der Waals surface area contributed by atoms with Crippen molar-refractivity contribution in [2.75, 3.05) is 5.73 Å². The molecule has 0 aromatic carbocycles. The maximum absolute atomic E-state index is 5.76. The molecule has 2 aromatic heterocycles. The molecule has 15 heavy (non-hydrogen) atoms. The highest BCUT2D eigenvalue weighted by Gasteiger charge is 2.10. The van der Waals surface area contributed by atoms with Crippen LogP contribution in [-0.4, -0.2) is 24.7 Å². The van der Waals surface area contributed by atoms with E-state index in [1.165, 1.54) is 18.1 Å². The highest BCUT2D eigenvalue weighted by molar-refractivity contribution is 7.99. The number of anilines is 1. The van der Waals surface area contributed by atoms with Crippen LogP contribution in [-0.2, 0) is 7.05 Å². The van der Waals surface area contributed by atoms with Crippen LogP contribution in [0.15, 0.2) is 22.8 Å². The van der Waals surface area contributed by atoms with Crippen LogP contribution in [0.5, 0.6) is 0 Å². The first kappa shape index (κ1) is 10.2. The predicted octanol–water partition coefficient (Wildman–Crippen LogP) is 0.992. The van der Waals surface area contributed by atoms with Crippen molar-refractivity contribution in [3.8, 4) is 0 Å². The van der Waals surface area contributed by atoms with E-state index in [1.807, 2.05) is 7.05 Å². The quantitative estimate of drug-likeness (QED) is 0.791. The first-order valence-electron chi connectivity index (χ1n) is 3.96. The fraction of sp³-hybridized carbons (Fsp3) is 0.143. The summed E-state index contributed by atoms with van der Waals surface area (Å²) in [5.41, 5.74) is 6.07. The highest BCUT2D eigenvalue weighted by Crippen LogP contribution is 2.30. The molecule has 0 radical (unpaired) electrons. The minimum atomic E-state index is 0.245. The van der Waals surface area contributed by atoms with Crippen LogP contribution in [0.4, 0.5) is 5.69 Å². The highest BCUT2D eigenvalue weighted by atomic mass is 35.5. The maximum Gasteiger partial charge on any atom is 0.197 e. The Hall–Kier alpha value is -1.34. The molecule has 0 aliphatic carbocycles. The molecule has 8 heteroatoms. The number of nitrogen functional groups attached to an aromatic ring is 1. The topological polar surface area (TPSA) is 82.5 Å². The summed E-state index contributed by atoms with van der Waals surface area (Å²) >= 11 is 7.05. The van der Waals surface area contributed by atoms with Gasteiger partial charge in [0.25, 0.3) is 0 Å². The molecule has 0 fully saturated rings. The molecule has 0 unspecified atom stereocenters. The number of aromatic nitrogens is 5. The molecular weight excluding hydrogens is 236 g/mol. The van der Waals surface area contributed by atoms with E-state index in [1.54, 1.807) is 10.9 Å². The van der Waals surface area contributed by atoms with Gasteiger partial charge in [0, 0.05) is 7.05 Å². The Balaban J connectivity index is 2.33. The molecular formula is C7H7ClN6S. The molecule has 78 valence electrons. The van der Waals surface area contributed by atoms with Crippen LogP contribution in [0.25, 0.3) is 0 Å². The summed E-state index contributed by atoms with van der Waals surface area (Å²) in [6, 6.07) is 0. The molecule has 6 nitrogen and oxygen atoms in total. The first-order chi connectivity index (χ1) is 7.18. The Kier molecular flexibility index (Phi) is 2.74. The van der Waals surface area contributed by atoms with Gasteiger partial charge in [0.2, 0.25) is 0 Å². The molecule has 2 rings (SSSR count). The van der Waals surface area contributed by atoms with Gasteiger partial charge in [0.1, 0.15) is 23.4 Å². The molecule has 2 aromatic rings. The van der Waals surface area contributed by atoms with E-state index in [2.05, 4.69) is 20.2 Å². The Morgan fingerprint density at radius 1 is 1.47 bits per heavy atom. The second-order valence-corrected chi connectivity index (χ2v) is 4.02. The van der Waals surface area contributed by atoms with Crippen LogP contribution in [0.2, 0.25) is 5.15 Å². The summed E-state index contributed by atoms with van der Waals surface area (Å²) in [7, 11) is 1.83. The van der Waals surface area contributed by atoms with Gasteiger partial charge in [-0.2, -0.15) is 0 Å². The van der Waals surface area contributed by atoms with Crippen LogP contribution in [0.1, 0.15) is 0 Å². The number of aryl methyl sites for hydroxylation is 1.